The van der Waals surface area contributed by atoms with E-state index in [1.165, 1.54) is 5.56 Å². The van der Waals surface area contributed by atoms with Gasteiger partial charge < -0.3 is 4.90 Å². The Morgan fingerprint density at radius 1 is 1.17 bits per heavy atom. The van der Waals surface area contributed by atoms with Crippen molar-refractivity contribution in [3.8, 4) is 0 Å². The number of rotatable bonds is 4. The number of hydrogen-bond donors (Lipinski definition) is 0. The van der Waals surface area contributed by atoms with Crippen LogP contribution in [0, 0.1) is 11.6 Å². The number of halogens is 2. The Morgan fingerprint density at radius 3 is 2.46 bits per heavy atom. The van der Waals surface area contributed by atoms with Crippen molar-refractivity contribution in [2.45, 2.75) is 38.1 Å². The van der Waals surface area contributed by atoms with Crippen molar-refractivity contribution in [1.82, 2.24) is 4.90 Å². The summed E-state index contributed by atoms with van der Waals surface area (Å²) in [5.74, 6) is -1.49. The Balaban J connectivity index is 1.88. The van der Waals surface area contributed by atoms with Gasteiger partial charge in [0.15, 0.2) is 0 Å². The zero-order chi connectivity index (χ0) is 17.1. The van der Waals surface area contributed by atoms with Gasteiger partial charge in [-0.2, -0.15) is 0 Å². The predicted molar refractivity (Wildman–Crippen MR) is 89.9 cm³/mol. The second kappa shape index (κ2) is 7.12. The molecule has 2 nitrogen and oxygen atoms in total. The topological polar surface area (TPSA) is 20.3 Å². The molecule has 0 bridgehead atoms. The highest BCUT2D eigenvalue weighted by atomic mass is 19.1. The summed E-state index contributed by atoms with van der Waals surface area (Å²) in [5.41, 5.74) is 1.29. The third-order valence-corrected chi connectivity index (χ3v) is 4.80. The quantitative estimate of drug-likeness (QED) is 0.792. The summed E-state index contributed by atoms with van der Waals surface area (Å²) in [6, 6.07) is 13.2. The van der Waals surface area contributed by atoms with Crippen molar-refractivity contribution in [1.29, 1.82) is 0 Å². The summed E-state index contributed by atoms with van der Waals surface area (Å²) in [5, 5.41) is 0. The monoisotopic (exact) mass is 329 g/mol. The molecule has 0 N–H and O–H groups in total. The molecule has 2 aromatic carbocycles. The summed E-state index contributed by atoms with van der Waals surface area (Å²) in [7, 11) is 0. The molecule has 2 aromatic rings. The van der Waals surface area contributed by atoms with Gasteiger partial charge in [-0.15, -0.1) is 0 Å². The van der Waals surface area contributed by atoms with Crippen LogP contribution in [0.4, 0.5) is 8.78 Å². The fraction of sp³-hybridized carbons (Fsp3) is 0.350. The molecule has 1 fully saturated rings. The van der Waals surface area contributed by atoms with Crippen molar-refractivity contribution < 1.29 is 13.6 Å². The fourth-order valence-electron chi connectivity index (χ4n) is 3.74. The molecule has 0 unspecified atom stereocenters. The van der Waals surface area contributed by atoms with Gasteiger partial charge in [-0.25, -0.2) is 8.78 Å². The molecule has 1 saturated heterocycles. The Kier molecular flexibility index (Phi) is 4.93. The second-order valence-electron chi connectivity index (χ2n) is 6.29. The summed E-state index contributed by atoms with van der Waals surface area (Å²) in [4.78, 5) is 14.6. The van der Waals surface area contributed by atoms with Crippen LogP contribution in [0.25, 0.3) is 0 Å². The molecule has 0 aromatic heterocycles. The molecular formula is C20H21F2NO. The molecular weight excluding hydrogens is 308 g/mol. The highest BCUT2D eigenvalue weighted by Crippen LogP contribution is 2.34. The smallest absolute Gasteiger partial charge is 0.254 e. The normalized spacial score (nSPS) is 18.6. The lowest BCUT2D eigenvalue weighted by Crippen LogP contribution is -2.39. The molecule has 0 saturated carbocycles. The third-order valence-electron chi connectivity index (χ3n) is 4.80. The molecule has 0 aliphatic carbocycles. The summed E-state index contributed by atoms with van der Waals surface area (Å²) >= 11 is 0. The standard InChI is InChI=1S/C20H21F2NO/c1-2-18(14-7-4-3-5-8-14)19-9-6-10-23(19)20(24)15-11-16(21)13-17(22)12-15/h3-5,7-8,11-13,18-19H,2,6,9-10H2,1H3/t18-,19+/m0/s1. The highest BCUT2D eigenvalue weighted by Gasteiger charge is 2.35. The van der Waals surface area contributed by atoms with Crippen molar-refractivity contribution in [3.63, 3.8) is 0 Å². The Bertz CT molecular complexity index is 697. The first-order valence-corrected chi connectivity index (χ1v) is 8.42. The summed E-state index contributed by atoms with van der Waals surface area (Å²) < 4.78 is 26.9. The van der Waals surface area contributed by atoms with E-state index in [4.69, 9.17) is 0 Å². The number of carbonyl (C=O) groups is 1. The molecule has 4 heteroatoms. The highest BCUT2D eigenvalue weighted by molar-refractivity contribution is 5.94. The first-order chi connectivity index (χ1) is 11.6. The van der Waals surface area contributed by atoms with Crippen LogP contribution in [-0.2, 0) is 0 Å². The Hall–Kier alpha value is -2.23. The number of carbonyl (C=O) groups excluding carboxylic acids is 1. The van der Waals surface area contributed by atoms with Crippen LogP contribution in [-0.4, -0.2) is 23.4 Å². The van der Waals surface area contributed by atoms with Gasteiger partial charge in [0.25, 0.3) is 5.91 Å². The van der Waals surface area contributed by atoms with Gasteiger partial charge >= 0.3 is 0 Å². The molecule has 0 spiro atoms. The maximum Gasteiger partial charge on any atom is 0.254 e. The van der Waals surface area contributed by atoms with Crippen molar-refractivity contribution in [2.24, 2.45) is 0 Å². The van der Waals surface area contributed by atoms with E-state index in [0.29, 0.717) is 6.54 Å². The summed E-state index contributed by atoms with van der Waals surface area (Å²) in [6.45, 7) is 2.74. The van der Waals surface area contributed by atoms with E-state index >= 15 is 0 Å². The third kappa shape index (κ3) is 3.32. The zero-order valence-electron chi connectivity index (χ0n) is 13.7. The minimum atomic E-state index is -0.718. The number of likely N-dealkylation sites (tertiary alicyclic amines) is 1. The molecule has 126 valence electrons. The first kappa shape index (κ1) is 16.6. The molecule has 3 rings (SSSR count). The Labute approximate surface area is 141 Å². The average Bonchev–Trinajstić information content (AvgIpc) is 3.04. The van der Waals surface area contributed by atoms with Gasteiger partial charge in [0.2, 0.25) is 0 Å². The van der Waals surface area contributed by atoms with Crippen LogP contribution in [0.2, 0.25) is 0 Å². The largest absolute Gasteiger partial charge is 0.335 e. The molecule has 1 amide bonds. The molecule has 1 heterocycles. The molecule has 1 aliphatic rings. The molecule has 2 atom stereocenters. The van der Waals surface area contributed by atoms with Crippen LogP contribution >= 0.6 is 0 Å². The lowest BCUT2D eigenvalue weighted by Gasteiger charge is -2.31. The molecule has 0 radical (unpaired) electrons. The van der Waals surface area contributed by atoms with Gasteiger partial charge in [-0.3, -0.25) is 4.79 Å². The van der Waals surface area contributed by atoms with Gasteiger partial charge in [0.05, 0.1) is 0 Å². The maximum atomic E-state index is 13.5. The van der Waals surface area contributed by atoms with Gasteiger partial charge in [0, 0.05) is 30.1 Å². The van der Waals surface area contributed by atoms with E-state index in [2.05, 4.69) is 19.1 Å². The number of benzene rings is 2. The van der Waals surface area contributed by atoms with Crippen LogP contribution in [0.15, 0.2) is 48.5 Å². The van der Waals surface area contributed by atoms with E-state index in [9.17, 15) is 13.6 Å². The number of nitrogens with zero attached hydrogens (tertiary/aromatic N) is 1. The lowest BCUT2D eigenvalue weighted by molar-refractivity contribution is 0.0713. The fourth-order valence-corrected chi connectivity index (χ4v) is 3.74. The minimum absolute atomic E-state index is 0.0660. The van der Waals surface area contributed by atoms with Gasteiger partial charge in [0.1, 0.15) is 11.6 Å². The number of hydrogen-bond acceptors (Lipinski definition) is 1. The van der Waals surface area contributed by atoms with Gasteiger partial charge in [-0.1, -0.05) is 37.3 Å². The van der Waals surface area contributed by atoms with Crippen LogP contribution < -0.4 is 0 Å². The maximum absolute atomic E-state index is 13.5. The molecule has 1 aliphatic heterocycles. The van der Waals surface area contributed by atoms with Crippen molar-refractivity contribution >= 4 is 5.91 Å². The predicted octanol–water partition coefficient (Wildman–Crippen LogP) is 4.76. The van der Waals surface area contributed by atoms with Crippen molar-refractivity contribution in [2.75, 3.05) is 6.54 Å². The van der Waals surface area contributed by atoms with E-state index < -0.39 is 11.6 Å². The van der Waals surface area contributed by atoms with Crippen molar-refractivity contribution in [3.05, 3.63) is 71.3 Å². The first-order valence-electron chi connectivity index (χ1n) is 8.42. The van der Waals surface area contributed by atoms with E-state index in [0.717, 1.165) is 37.5 Å². The van der Waals surface area contributed by atoms with Gasteiger partial charge in [-0.05, 0) is 37.0 Å². The zero-order valence-corrected chi connectivity index (χ0v) is 13.7. The second-order valence-corrected chi connectivity index (χ2v) is 6.29. The summed E-state index contributed by atoms with van der Waals surface area (Å²) in [6.07, 6.45) is 2.74. The lowest BCUT2D eigenvalue weighted by atomic mass is 9.87. The van der Waals surface area contributed by atoms with E-state index in [-0.39, 0.29) is 23.4 Å². The molecule has 24 heavy (non-hydrogen) atoms. The number of amides is 1. The van der Waals surface area contributed by atoms with Crippen LogP contribution in [0.3, 0.4) is 0 Å². The Morgan fingerprint density at radius 2 is 1.83 bits per heavy atom. The SMILES string of the molecule is CC[C@@H](c1ccccc1)[C@H]1CCCN1C(=O)c1cc(F)cc(F)c1. The average molecular weight is 329 g/mol. The van der Waals surface area contributed by atoms with E-state index in [1.54, 1.807) is 4.90 Å². The minimum Gasteiger partial charge on any atom is -0.335 e. The van der Waals surface area contributed by atoms with Crippen LogP contribution in [0.5, 0.6) is 0 Å². The van der Waals surface area contributed by atoms with E-state index in [1.807, 2.05) is 18.2 Å². The van der Waals surface area contributed by atoms with Crippen LogP contribution in [0.1, 0.15) is 48.0 Å².